The van der Waals surface area contributed by atoms with E-state index in [1.54, 1.807) is 0 Å². The number of carbonyl (C=O) groups is 1. The largest absolute Gasteiger partial charge is 0.494 e. The molecule has 9 heteroatoms. The minimum atomic E-state index is -0.470. The predicted octanol–water partition coefficient (Wildman–Crippen LogP) is 1.65. The molecule has 0 atom stereocenters. The number of ether oxygens (including phenoxy) is 1. The van der Waals surface area contributed by atoms with Crippen LogP contribution in [0.3, 0.4) is 0 Å². The summed E-state index contributed by atoms with van der Waals surface area (Å²) in [6.07, 6.45) is 0.818. The van der Waals surface area contributed by atoms with Gasteiger partial charge in [0.25, 0.3) is 11.5 Å². The average molecular weight is 415 g/mol. The van der Waals surface area contributed by atoms with Gasteiger partial charge in [-0.2, -0.15) is 0 Å². The predicted molar refractivity (Wildman–Crippen MR) is 116 cm³/mol. The molecule has 1 aromatic carbocycles. The Morgan fingerprint density at radius 1 is 1.13 bits per heavy atom. The summed E-state index contributed by atoms with van der Waals surface area (Å²) in [7, 11) is 0. The number of nitrogens with zero attached hydrogens (tertiary/aromatic N) is 5. The molecule has 9 nitrogen and oxygen atoms in total. The maximum absolute atomic E-state index is 12.8. The molecule has 1 N–H and O–H groups in total. The fourth-order valence-corrected chi connectivity index (χ4v) is 3.52. The topological polar surface area (TPSA) is 92.6 Å². The first-order valence-electron chi connectivity index (χ1n) is 10.6. The van der Waals surface area contributed by atoms with Gasteiger partial charge in [0, 0.05) is 25.3 Å². The minimum Gasteiger partial charge on any atom is -0.494 e. The highest BCUT2D eigenvalue weighted by Crippen LogP contribution is 2.28. The lowest BCUT2D eigenvalue weighted by Crippen LogP contribution is -2.36. The first-order chi connectivity index (χ1) is 14.6. The van der Waals surface area contributed by atoms with Gasteiger partial charge in [-0.1, -0.05) is 13.8 Å². The number of rotatable bonds is 10. The summed E-state index contributed by atoms with van der Waals surface area (Å²) >= 11 is 0. The number of fused-ring (bicyclic) bond motifs is 1. The van der Waals surface area contributed by atoms with E-state index < -0.39 is 11.5 Å². The highest BCUT2D eigenvalue weighted by atomic mass is 16.5. The molecule has 0 bridgehead atoms. The number of anilines is 2. The van der Waals surface area contributed by atoms with E-state index in [1.807, 2.05) is 36.1 Å². The summed E-state index contributed by atoms with van der Waals surface area (Å²) in [6.45, 7) is 11.2. The van der Waals surface area contributed by atoms with E-state index in [4.69, 9.17) is 4.74 Å². The first kappa shape index (κ1) is 21.8. The lowest BCUT2D eigenvalue weighted by molar-refractivity contribution is 0.0943. The molecule has 0 unspecified atom stereocenters. The summed E-state index contributed by atoms with van der Waals surface area (Å²) in [6, 6.07) is 7.60. The number of hydrogen-bond acceptors (Lipinski definition) is 7. The van der Waals surface area contributed by atoms with Gasteiger partial charge in [-0.3, -0.25) is 14.2 Å². The Morgan fingerprint density at radius 2 is 1.87 bits per heavy atom. The van der Waals surface area contributed by atoms with Crippen LogP contribution in [0.15, 0.2) is 29.1 Å². The van der Waals surface area contributed by atoms with Gasteiger partial charge in [0.1, 0.15) is 5.75 Å². The summed E-state index contributed by atoms with van der Waals surface area (Å²) < 4.78 is 6.98. The number of aromatic nitrogens is 3. The zero-order valence-electron chi connectivity index (χ0n) is 17.9. The number of benzene rings is 1. The molecule has 1 amide bonds. The maximum Gasteiger partial charge on any atom is 0.286 e. The van der Waals surface area contributed by atoms with Crippen LogP contribution in [0.25, 0.3) is 0 Å². The normalized spacial score (nSPS) is 12.9. The van der Waals surface area contributed by atoms with Crippen LogP contribution < -0.4 is 20.5 Å². The third-order valence-electron chi connectivity index (χ3n) is 5.22. The van der Waals surface area contributed by atoms with Crippen molar-refractivity contribution in [3.63, 3.8) is 0 Å². The van der Waals surface area contributed by atoms with Crippen molar-refractivity contribution < 1.29 is 9.53 Å². The second-order valence-electron chi connectivity index (χ2n) is 7.02. The van der Waals surface area contributed by atoms with Crippen LogP contribution in [0.5, 0.6) is 5.75 Å². The van der Waals surface area contributed by atoms with Crippen molar-refractivity contribution in [2.45, 2.75) is 33.7 Å². The highest BCUT2D eigenvalue weighted by molar-refractivity contribution is 5.91. The maximum atomic E-state index is 12.8. The van der Waals surface area contributed by atoms with Crippen molar-refractivity contribution in [2.75, 3.05) is 44.2 Å². The van der Waals surface area contributed by atoms with Gasteiger partial charge in [-0.15, -0.1) is 10.2 Å². The van der Waals surface area contributed by atoms with Gasteiger partial charge in [0.2, 0.25) is 11.6 Å². The van der Waals surface area contributed by atoms with E-state index in [-0.39, 0.29) is 5.69 Å². The minimum absolute atomic E-state index is 0.157. The molecule has 162 valence electrons. The van der Waals surface area contributed by atoms with E-state index in [9.17, 15) is 9.59 Å². The molecule has 1 aromatic heterocycles. The molecular weight excluding hydrogens is 384 g/mol. The molecule has 0 saturated heterocycles. The molecule has 30 heavy (non-hydrogen) atoms. The van der Waals surface area contributed by atoms with E-state index in [0.29, 0.717) is 32.2 Å². The molecule has 0 radical (unpaired) electrons. The first-order valence-corrected chi connectivity index (χ1v) is 10.6. The Bertz CT molecular complexity index is 908. The number of nitrogens with one attached hydrogen (secondary N) is 1. The number of amides is 1. The Kier molecular flexibility index (Phi) is 7.40. The quantitative estimate of drug-likeness (QED) is 0.591. The second kappa shape index (κ2) is 10.2. The van der Waals surface area contributed by atoms with E-state index in [0.717, 1.165) is 37.5 Å². The third-order valence-corrected chi connectivity index (χ3v) is 5.22. The summed E-state index contributed by atoms with van der Waals surface area (Å²) in [5.41, 5.74) is 0.330. The molecule has 0 spiro atoms. The molecule has 2 aromatic rings. The lowest BCUT2D eigenvalue weighted by Gasteiger charge is -2.18. The Balaban J connectivity index is 1.67. The van der Waals surface area contributed by atoms with Crippen molar-refractivity contribution in [3.05, 3.63) is 40.3 Å². The Morgan fingerprint density at radius 3 is 2.53 bits per heavy atom. The van der Waals surface area contributed by atoms with Crippen molar-refractivity contribution in [2.24, 2.45) is 0 Å². The third kappa shape index (κ3) is 4.79. The lowest BCUT2D eigenvalue weighted by atomic mass is 10.3. The fraction of sp³-hybridized carbons (Fsp3) is 0.524. The van der Waals surface area contributed by atoms with Gasteiger partial charge in [0.15, 0.2) is 0 Å². The van der Waals surface area contributed by atoms with Crippen molar-refractivity contribution in [1.82, 2.24) is 25.0 Å². The van der Waals surface area contributed by atoms with Crippen LogP contribution in [0, 0.1) is 0 Å². The average Bonchev–Trinajstić information content (AvgIpc) is 3.20. The molecule has 0 fully saturated rings. The van der Waals surface area contributed by atoms with E-state index >= 15 is 0 Å². The molecule has 0 aliphatic carbocycles. The van der Waals surface area contributed by atoms with Gasteiger partial charge in [0.05, 0.1) is 6.61 Å². The summed E-state index contributed by atoms with van der Waals surface area (Å²) in [5, 5.41) is 10.9. The standard InChI is InChI=1S/C21H30N6O3/c1-4-25(5-2)13-7-12-22-19(28)18-20(29)27-15-14-26(21(27)24-23-18)16-8-10-17(11-9-16)30-6-3/h8-11H,4-7,12-15H2,1-3H3,(H,22,28). The van der Waals surface area contributed by atoms with Gasteiger partial charge < -0.3 is 19.9 Å². The smallest absolute Gasteiger partial charge is 0.286 e. The second-order valence-corrected chi connectivity index (χ2v) is 7.02. The van der Waals surface area contributed by atoms with Gasteiger partial charge in [-0.05, 0) is 57.2 Å². The molecule has 1 aliphatic rings. The van der Waals surface area contributed by atoms with Crippen LogP contribution >= 0.6 is 0 Å². The van der Waals surface area contributed by atoms with Crippen LogP contribution in [-0.2, 0) is 6.54 Å². The van der Waals surface area contributed by atoms with E-state index in [1.165, 1.54) is 4.57 Å². The molecule has 1 aliphatic heterocycles. The number of hydrogen-bond donors (Lipinski definition) is 1. The molecule has 0 saturated carbocycles. The van der Waals surface area contributed by atoms with Crippen LogP contribution in [0.4, 0.5) is 11.6 Å². The van der Waals surface area contributed by atoms with E-state index in [2.05, 4.69) is 34.3 Å². The Labute approximate surface area is 176 Å². The molecular formula is C21H30N6O3. The fourth-order valence-electron chi connectivity index (χ4n) is 3.52. The summed E-state index contributed by atoms with van der Waals surface area (Å²) in [4.78, 5) is 29.4. The van der Waals surface area contributed by atoms with Crippen molar-refractivity contribution in [3.8, 4) is 5.75 Å². The zero-order valence-corrected chi connectivity index (χ0v) is 17.9. The van der Waals surface area contributed by atoms with Gasteiger partial charge >= 0.3 is 0 Å². The summed E-state index contributed by atoms with van der Waals surface area (Å²) in [5.74, 6) is 0.765. The highest BCUT2D eigenvalue weighted by Gasteiger charge is 2.27. The number of carbonyl (C=O) groups excluding carboxylic acids is 1. The van der Waals surface area contributed by atoms with Crippen LogP contribution in [-0.4, -0.2) is 64.9 Å². The molecule has 3 rings (SSSR count). The Hall–Kier alpha value is -2.94. The monoisotopic (exact) mass is 414 g/mol. The zero-order chi connectivity index (χ0) is 21.5. The van der Waals surface area contributed by atoms with Gasteiger partial charge in [-0.25, -0.2) is 0 Å². The van der Waals surface area contributed by atoms with Crippen molar-refractivity contribution >= 4 is 17.5 Å². The SMILES string of the molecule is CCOc1ccc(N2CCn3c2nnc(C(=O)NCCCN(CC)CC)c3=O)cc1. The van der Waals surface area contributed by atoms with Crippen molar-refractivity contribution in [1.29, 1.82) is 0 Å². The molecule has 2 heterocycles. The van der Waals surface area contributed by atoms with Crippen LogP contribution in [0.1, 0.15) is 37.7 Å². The van der Waals surface area contributed by atoms with Crippen LogP contribution in [0.2, 0.25) is 0 Å².